The van der Waals surface area contributed by atoms with Gasteiger partial charge >= 0.3 is 0 Å². The second-order valence-corrected chi connectivity index (χ2v) is 4.19. The summed E-state index contributed by atoms with van der Waals surface area (Å²) in [5, 5.41) is 9.16. The average Bonchev–Trinajstić information content (AvgIpc) is 2.66. The zero-order valence-electron chi connectivity index (χ0n) is 10.9. The Bertz CT molecular complexity index is 439. The van der Waals surface area contributed by atoms with Crippen molar-refractivity contribution in [1.29, 1.82) is 0 Å². The molecule has 1 aromatic heterocycles. The van der Waals surface area contributed by atoms with Crippen molar-refractivity contribution in [3.8, 4) is 0 Å². The molecule has 0 saturated carbocycles. The molecular weight excluding hydrogens is 234 g/mol. The van der Waals surface area contributed by atoms with Crippen LogP contribution in [0, 0.1) is 0 Å². The lowest BCUT2D eigenvalue weighted by Gasteiger charge is -2.08. The van der Waals surface area contributed by atoms with Crippen LogP contribution in [0.1, 0.15) is 31.3 Å². The first-order valence-electron chi connectivity index (χ1n) is 5.84. The Balaban J connectivity index is 2.55. The van der Waals surface area contributed by atoms with Gasteiger partial charge in [-0.2, -0.15) is 5.10 Å². The van der Waals surface area contributed by atoms with E-state index in [0.717, 1.165) is 0 Å². The minimum atomic E-state index is -0.446. The van der Waals surface area contributed by atoms with E-state index in [0.29, 0.717) is 12.2 Å². The Labute approximate surface area is 106 Å². The second kappa shape index (κ2) is 6.04. The first-order valence-corrected chi connectivity index (χ1v) is 5.84. The van der Waals surface area contributed by atoms with Gasteiger partial charge in [0, 0.05) is 18.8 Å². The highest BCUT2D eigenvalue weighted by atomic mass is 16.2. The average molecular weight is 253 g/mol. The molecule has 0 bridgehead atoms. The monoisotopic (exact) mass is 253 g/mol. The van der Waals surface area contributed by atoms with Crippen molar-refractivity contribution in [2.75, 3.05) is 12.3 Å². The van der Waals surface area contributed by atoms with E-state index in [1.807, 2.05) is 20.8 Å². The molecule has 0 aliphatic carbocycles. The fourth-order valence-electron chi connectivity index (χ4n) is 1.39. The number of nitrogens with zero attached hydrogens (tertiary/aromatic N) is 2. The lowest BCUT2D eigenvalue weighted by molar-refractivity contribution is -0.120. The summed E-state index contributed by atoms with van der Waals surface area (Å²) in [7, 11) is 0. The number of rotatable bonds is 5. The van der Waals surface area contributed by atoms with Gasteiger partial charge in [0.15, 0.2) is 5.69 Å². The van der Waals surface area contributed by atoms with Crippen molar-refractivity contribution in [1.82, 2.24) is 20.4 Å². The van der Waals surface area contributed by atoms with Gasteiger partial charge in [0.05, 0.1) is 12.2 Å². The second-order valence-electron chi connectivity index (χ2n) is 4.19. The molecule has 100 valence electrons. The minimum Gasteiger partial charge on any atom is -0.396 e. The number of amides is 2. The van der Waals surface area contributed by atoms with E-state index in [-0.39, 0.29) is 24.2 Å². The third-order valence-corrected chi connectivity index (χ3v) is 2.19. The molecule has 4 N–H and O–H groups in total. The lowest BCUT2D eigenvalue weighted by Crippen LogP contribution is -2.40. The molecule has 1 heterocycles. The van der Waals surface area contributed by atoms with Gasteiger partial charge in [-0.1, -0.05) is 0 Å². The molecule has 0 atom stereocenters. The van der Waals surface area contributed by atoms with E-state index in [2.05, 4.69) is 15.7 Å². The minimum absolute atomic E-state index is 0.0405. The summed E-state index contributed by atoms with van der Waals surface area (Å²) in [6, 6.07) is 0.0405. The molecule has 0 spiro atoms. The standard InChI is InChI=1S/C11H19N5O2/c1-4-16-6-8(12)10(15-16)11(18)13-5-9(17)14-7(2)3/h6-7H,4-5,12H2,1-3H3,(H,13,18)(H,14,17). The van der Waals surface area contributed by atoms with Gasteiger partial charge in [-0.05, 0) is 20.8 Å². The van der Waals surface area contributed by atoms with Gasteiger partial charge in [-0.3, -0.25) is 14.3 Å². The summed E-state index contributed by atoms with van der Waals surface area (Å²) in [4.78, 5) is 23.1. The summed E-state index contributed by atoms with van der Waals surface area (Å²) in [6.45, 7) is 6.13. The molecule has 7 nitrogen and oxygen atoms in total. The molecule has 0 saturated heterocycles. The molecule has 1 aromatic rings. The molecule has 1 rings (SSSR count). The maximum Gasteiger partial charge on any atom is 0.274 e. The fourth-order valence-corrected chi connectivity index (χ4v) is 1.39. The van der Waals surface area contributed by atoms with Crippen molar-refractivity contribution in [2.45, 2.75) is 33.4 Å². The summed E-state index contributed by atoms with van der Waals surface area (Å²) >= 11 is 0. The van der Waals surface area contributed by atoms with Crippen LogP contribution >= 0.6 is 0 Å². The Morgan fingerprint density at radius 2 is 2.17 bits per heavy atom. The Hall–Kier alpha value is -2.05. The quantitative estimate of drug-likeness (QED) is 0.672. The zero-order valence-corrected chi connectivity index (χ0v) is 10.9. The smallest absolute Gasteiger partial charge is 0.274 e. The zero-order chi connectivity index (χ0) is 13.7. The number of nitrogens with two attached hydrogens (primary N) is 1. The number of anilines is 1. The van der Waals surface area contributed by atoms with Gasteiger partial charge in [0.2, 0.25) is 5.91 Å². The van der Waals surface area contributed by atoms with Crippen LogP contribution in [0.25, 0.3) is 0 Å². The number of hydrogen-bond donors (Lipinski definition) is 3. The number of hydrogen-bond acceptors (Lipinski definition) is 4. The van der Waals surface area contributed by atoms with Crippen LogP contribution < -0.4 is 16.4 Å². The molecule has 0 unspecified atom stereocenters. The van der Waals surface area contributed by atoms with Gasteiger partial charge in [-0.25, -0.2) is 0 Å². The number of nitrogen functional groups attached to an aromatic ring is 1. The van der Waals surface area contributed by atoms with Crippen LogP contribution in [0.3, 0.4) is 0 Å². The van der Waals surface area contributed by atoms with E-state index < -0.39 is 5.91 Å². The highest BCUT2D eigenvalue weighted by Gasteiger charge is 2.15. The van der Waals surface area contributed by atoms with Crippen molar-refractivity contribution in [2.24, 2.45) is 0 Å². The summed E-state index contributed by atoms with van der Waals surface area (Å²) in [5.74, 6) is -0.689. The molecular formula is C11H19N5O2. The van der Waals surface area contributed by atoms with E-state index in [9.17, 15) is 9.59 Å². The summed E-state index contributed by atoms with van der Waals surface area (Å²) in [5.41, 5.74) is 6.11. The van der Waals surface area contributed by atoms with Crippen molar-refractivity contribution in [3.63, 3.8) is 0 Å². The molecule has 18 heavy (non-hydrogen) atoms. The van der Waals surface area contributed by atoms with Crippen LogP contribution in [-0.2, 0) is 11.3 Å². The maximum atomic E-state index is 11.7. The predicted octanol–water partition coefficient (Wildman–Crippen LogP) is -0.260. The number of nitrogens with one attached hydrogen (secondary N) is 2. The lowest BCUT2D eigenvalue weighted by atomic mass is 10.3. The van der Waals surface area contributed by atoms with Crippen LogP contribution in [0.15, 0.2) is 6.20 Å². The van der Waals surface area contributed by atoms with Gasteiger partial charge in [0.1, 0.15) is 0 Å². The number of aromatic nitrogens is 2. The van der Waals surface area contributed by atoms with Gasteiger partial charge in [0.25, 0.3) is 5.91 Å². The normalized spacial score (nSPS) is 10.4. The molecule has 0 aromatic carbocycles. The van der Waals surface area contributed by atoms with Crippen molar-refractivity contribution in [3.05, 3.63) is 11.9 Å². The molecule has 0 aliphatic heterocycles. The Morgan fingerprint density at radius 3 is 2.67 bits per heavy atom. The Morgan fingerprint density at radius 1 is 1.50 bits per heavy atom. The van der Waals surface area contributed by atoms with Crippen LogP contribution in [0.4, 0.5) is 5.69 Å². The number of aryl methyl sites for hydroxylation is 1. The van der Waals surface area contributed by atoms with Crippen LogP contribution in [0.5, 0.6) is 0 Å². The van der Waals surface area contributed by atoms with Crippen LogP contribution in [-0.4, -0.2) is 34.2 Å². The van der Waals surface area contributed by atoms with Crippen LogP contribution in [0.2, 0.25) is 0 Å². The summed E-state index contributed by atoms with van der Waals surface area (Å²) in [6.07, 6.45) is 1.59. The van der Waals surface area contributed by atoms with E-state index in [4.69, 9.17) is 5.73 Å². The first kappa shape index (κ1) is 14.0. The highest BCUT2D eigenvalue weighted by Crippen LogP contribution is 2.08. The van der Waals surface area contributed by atoms with E-state index in [1.165, 1.54) is 0 Å². The number of carbonyl (C=O) groups excluding carboxylic acids is 2. The van der Waals surface area contributed by atoms with E-state index in [1.54, 1.807) is 10.9 Å². The van der Waals surface area contributed by atoms with Crippen molar-refractivity contribution < 1.29 is 9.59 Å². The van der Waals surface area contributed by atoms with E-state index >= 15 is 0 Å². The van der Waals surface area contributed by atoms with Gasteiger partial charge < -0.3 is 16.4 Å². The molecule has 0 fully saturated rings. The SMILES string of the molecule is CCn1cc(N)c(C(=O)NCC(=O)NC(C)C)n1. The third-order valence-electron chi connectivity index (χ3n) is 2.19. The highest BCUT2D eigenvalue weighted by molar-refractivity contribution is 5.98. The Kier molecular flexibility index (Phi) is 4.70. The molecule has 7 heteroatoms. The van der Waals surface area contributed by atoms with Gasteiger partial charge in [-0.15, -0.1) is 0 Å². The third kappa shape index (κ3) is 3.76. The van der Waals surface area contributed by atoms with Crippen molar-refractivity contribution >= 4 is 17.5 Å². The first-order chi connectivity index (χ1) is 8.43. The summed E-state index contributed by atoms with van der Waals surface area (Å²) < 4.78 is 1.57. The molecule has 2 amide bonds. The largest absolute Gasteiger partial charge is 0.396 e. The number of carbonyl (C=O) groups is 2. The topological polar surface area (TPSA) is 102 Å². The molecule has 0 radical (unpaired) electrons. The predicted molar refractivity (Wildman–Crippen MR) is 67.9 cm³/mol. The maximum absolute atomic E-state index is 11.7. The molecule has 0 aliphatic rings. The fraction of sp³-hybridized carbons (Fsp3) is 0.545.